The molecule has 0 aliphatic carbocycles. The Bertz CT molecular complexity index is 369. The molecule has 3 N–H and O–H groups in total. The summed E-state index contributed by atoms with van der Waals surface area (Å²) in [6.07, 6.45) is 2.96. The summed E-state index contributed by atoms with van der Waals surface area (Å²) >= 11 is 6.27. The molecule has 1 aromatic carbocycles. The maximum atomic E-state index is 8.73. The van der Waals surface area contributed by atoms with Gasteiger partial charge in [-0.05, 0) is 43.9 Å². The largest absolute Gasteiger partial charge is 0.396 e. The molecule has 4 heteroatoms. The van der Waals surface area contributed by atoms with Crippen LogP contribution in [0.25, 0.3) is 0 Å². The van der Waals surface area contributed by atoms with Gasteiger partial charge in [-0.2, -0.15) is 0 Å². The van der Waals surface area contributed by atoms with Gasteiger partial charge in [0.05, 0.1) is 10.7 Å². The molecular formula is C14H23ClN2O. The van der Waals surface area contributed by atoms with Crippen molar-refractivity contribution in [1.29, 1.82) is 0 Å². The first-order chi connectivity index (χ1) is 8.56. The van der Waals surface area contributed by atoms with Crippen LogP contribution in [-0.4, -0.2) is 25.3 Å². The molecule has 0 radical (unpaired) electrons. The van der Waals surface area contributed by atoms with E-state index in [1.807, 2.05) is 32.2 Å². The number of nitrogens with zero attached hydrogens (tertiary/aromatic N) is 1. The van der Waals surface area contributed by atoms with Crippen molar-refractivity contribution in [3.63, 3.8) is 0 Å². The second-order valence-corrected chi connectivity index (χ2v) is 5.11. The van der Waals surface area contributed by atoms with Crippen molar-refractivity contribution < 1.29 is 5.11 Å². The highest BCUT2D eigenvalue weighted by Crippen LogP contribution is 2.28. The maximum absolute atomic E-state index is 8.73. The van der Waals surface area contributed by atoms with Crippen LogP contribution in [-0.2, 0) is 0 Å². The van der Waals surface area contributed by atoms with Crippen molar-refractivity contribution in [2.45, 2.75) is 32.2 Å². The summed E-state index contributed by atoms with van der Waals surface area (Å²) in [5, 5.41) is 9.47. The third kappa shape index (κ3) is 4.48. The first-order valence-corrected chi connectivity index (χ1v) is 6.81. The van der Waals surface area contributed by atoms with Crippen molar-refractivity contribution in [2.24, 2.45) is 5.73 Å². The summed E-state index contributed by atoms with van der Waals surface area (Å²) in [6.45, 7) is 3.16. The molecule has 1 atom stereocenters. The molecule has 0 unspecified atom stereocenters. The number of aliphatic hydroxyl groups excluding tert-OH is 1. The first-order valence-electron chi connectivity index (χ1n) is 6.43. The zero-order valence-corrected chi connectivity index (χ0v) is 12.0. The molecular weight excluding hydrogens is 248 g/mol. The number of halogens is 1. The summed E-state index contributed by atoms with van der Waals surface area (Å²) in [5.74, 6) is 0. The average Bonchev–Trinajstić information content (AvgIpc) is 2.34. The molecule has 18 heavy (non-hydrogen) atoms. The van der Waals surface area contributed by atoms with Crippen LogP contribution in [0, 0.1) is 0 Å². The molecule has 102 valence electrons. The molecule has 0 amide bonds. The zero-order valence-electron chi connectivity index (χ0n) is 11.2. The van der Waals surface area contributed by atoms with E-state index in [0.29, 0.717) is 0 Å². The summed E-state index contributed by atoms with van der Waals surface area (Å²) < 4.78 is 0. The average molecular weight is 271 g/mol. The summed E-state index contributed by atoms with van der Waals surface area (Å²) in [5.41, 5.74) is 7.91. The second-order valence-electron chi connectivity index (χ2n) is 4.71. The fourth-order valence-corrected chi connectivity index (χ4v) is 2.21. The fraction of sp³-hybridized carbons (Fsp3) is 0.571. The molecule has 0 heterocycles. The van der Waals surface area contributed by atoms with Gasteiger partial charge in [0.2, 0.25) is 0 Å². The molecule has 0 aliphatic rings. The summed E-state index contributed by atoms with van der Waals surface area (Å²) in [4.78, 5) is 2.14. The number of rotatable bonds is 7. The Balaban J connectivity index is 2.60. The van der Waals surface area contributed by atoms with Crippen LogP contribution in [0.4, 0.5) is 5.69 Å². The predicted octanol–water partition coefficient (Wildman–Crippen LogP) is 2.96. The van der Waals surface area contributed by atoms with Crippen LogP contribution >= 0.6 is 11.6 Å². The molecule has 0 fully saturated rings. The lowest BCUT2D eigenvalue weighted by atomic mass is 10.1. The van der Waals surface area contributed by atoms with Crippen molar-refractivity contribution in [3.05, 3.63) is 28.8 Å². The molecule has 0 bridgehead atoms. The maximum Gasteiger partial charge on any atom is 0.0642 e. The second kappa shape index (κ2) is 7.62. The number of anilines is 1. The van der Waals surface area contributed by atoms with E-state index in [-0.39, 0.29) is 12.6 Å². The predicted molar refractivity (Wildman–Crippen MR) is 78.3 cm³/mol. The number of hydrogen-bond donors (Lipinski definition) is 2. The lowest BCUT2D eigenvalue weighted by Gasteiger charge is -2.21. The molecule has 0 aliphatic heterocycles. The van der Waals surface area contributed by atoms with Gasteiger partial charge in [-0.1, -0.05) is 17.7 Å². The fourth-order valence-electron chi connectivity index (χ4n) is 1.87. The van der Waals surface area contributed by atoms with Gasteiger partial charge >= 0.3 is 0 Å². The van der Waals surface area contributed by atoms with E-state index in [1.54, 1.807) is 0 Å². The van der Waals surface area contributed by atoms with Crippen LogP contribution < -0.4 is 10.6 Å². The van der Waals surface area contributed by atoms with Crippen LogP contribution in [0.3, 0.4) is 0 Å². The highest BCUT2D eigenvalue weighted by Gasteiger charge is 2.08. The van der Waals surface area contributed by atoms with Gasteiger partial charge < -0.3 is 15.7 Å². The minimum absolute atomic E-state index is 0.00594. The van der Waals surface area contributed by atoms with E-state index in [4.69, 9.17) is 22.4 Å². The SMILES string of the molecule is C[C@H](N)c1ccc(N(C)CCCCCO)c(Cl)c1. The Kier molecular flexibility index (Phi) is 6.47. The highest BCUT2D eigenvalue weighted by molar-refractivity contribution is 6.33. The van der Waals surface area contributed by atoms with Crippen molar-refractivity contribution in [3.8, 4) is 0 Å². The zero-order chi connectivity index (χ0) is 13.5. The van der Waals surface area contributed by atoms with E-state index in [9.17, 15) is 0 Å². The van der Waals surface area contributed by atoms with Crippen LogP contribution in [0.5, 0.6) is 0 Å². The topological polar surface area (TPSA) is 49.5 Å². The van der Waals surface area contributed by atoms with Gasteiger partial charge in [-0.3, -0.25) is 0 Å². The molecule has 0 saturated carbocycles. The third-order valence-corrected chi connectivity index (χ3v) is 3.36. The molecule has 3 nitrogen and oxygen atoms in total. The molecule has 0 aromatic heterocycles. The Labute approximate surface area is 115 Å². The van der Waals surface area contributed by atoms with Gasteiger partial charge in [-0.25, -0.2) is 0 Å². The molecule has 1 rings (SSSR count). The number of nitrogens with two attached hydrogens (primary N) is 1. The normalized spacial score (nSPS) is 12.5. The summed E-state index contributed by atoms with van der Waals surface area (Å²) in [7, 11) is 2.03. The first kappa shape index (κ1) is 15.3. The number of hydrogen-bond acceptors (Lipinski definition) is 3. The van der Waals surface area contributed by atoms with Crippen LogP contribution in [0.2, 0.25) is 5.02 Å². The monoisotopic (exact) mass is 270 g/mol. The van der Waals surface area contributed by atoms with Crippen molar-refractivity contribution >= 4 is 17.3 Å². The van der Waals surface area contributed by atoms with Gasteiger partial charge in [0.15, 0.2) is 0 Å². The Morgan fingerprint density at radius 2 is 2.06 bits per heavy atom. The minimum atomic E-state index is 0.00594. The van der Waals surface area contributed by atoms with Gasteiger partial charge in [-0.15, -0.1) is 0 Å². The van der Waals surface area contributed by atoms with E-state index < -0.39 is 0 Å². The van der Waals surface area contributed by atoms with Gasteiger partial charge in [0.1, 0.15) is 0 Å². The van der Waals surface area contributed by atoms with Crippen molar-refractivity contribution in [1.82, 2.24) is 0 Å². The third-order valence-electron chi connectivity index (χ3n) is 3.06. The highest BCUT2D eigenvalue weighted by atomic mass is 35.5. The molecule has 1 aromatic rings. The van der Waals surface area contributed by atoms with E-state index in [0.717, 1.165) is 42.1 Å². The lowest BCUT2D eigenvalue weighted by molar-refractivity contribution is 0.283. The van der Waals surface area contributed by atoms with E-state index >= 15 is 0 Å². The van der Waals surface area contributed by atoms with Crippen LogP contribution in [0.15, 0.2) is 18.2 Å². The lowest BCUT2D eigenvalue weighted by Crippen LogP contribution is -2.19. The molecule has 0 saturated heterocycles. The number of benzene rings is 1. The van der Waals surface area contributed by atoms with Gasteiger partial charge in [0, 0.05) is 26.2 Å². The standard InChI is InChI=1S/C14H23ClN2O/c1-11(16)12-6-7-14(13(15)10-12)17(2)8-4-3-5-9-18/h6-7,10-11,18H,3-5,8-9,16H2,1-2H3/t11-/m0/s1. The Morgan fingerprint density at radius 3 is 2.61 bits per heavy atom. The van der Waals surface area contributed by atoms with Crippen LogP contribution in [0.1, 0.15) is 37.8 Å². The Hall–Kier alpha value is -0.770. The minimum Gasteiger partial charge on any atom is -0.396 e. The number of aliphatic hydroxyl groups is 1. The quantitative estimate of drug-likeness (QED) is 0.749. The number of unbranched alkanes of at least 4 members (excludes halogenated alkanes) is 2. The molecule has 0 spiro atoms. The van der Waals surface area contributed by atoms with Crippen molar-refractivity contribution in [2.75, 3.05) is 25.1 Å². The summed E-state index contributed by atoms with van der Waals surface area (Å²) in [6, 6.07) is 5.99. The van der Waals surface area contributed by atoms with E-state index in [1.165, 1.54) is 0 Å². The Morgan fingerprint density at radius 1 is 1.33 bits per heavy atom. The smallest absolute Gasteiger partial charge is 0.0642 e. The van der Waals surface area contributed by atoms with E-state index in [2.05, 4.69) is 4.90 Å². The van der Waals surface area contributed by atoms with Gasteiger partial charge in [0.25, 0.3) is 0 Å².